The van der Waals surface area contributed by atoms with Crippen molar-refractivity contribution in [3.05, 3.63) is 78.6 Å². The number of carbonyl (C=O) groups is 2. The lowest BCUT2D eigenvalue weighted by atomic mass is 9.96. The maximum Gasteiger partial charge on any atom is 0.309 e. The Bertz CT molecular complexity index is 1310. The van der Waals surface area contributed by atoms with Crippen molar-refractivity contribution in [1.29, 1.82) is 0 Å². The first-order valence-corrected chi connectivity index (χ1v) is 11.6. The number of ether oxygens (including phenoxy) is 1. The first kappa shape index (κ1) is 21.8. The van der Waals surface area contributed by atoms with Crippen LogP contribution >= 0.6 is 0 Å². The van der Waals surface area contributed by atoms with E-state index in [9.17, 15) is 9.59 Å². The molecule has 1 saturated heterocycles. The Balaban J connectivity index is 1.37. The lowest BCUT2D eigenvalue weighted by molar-refractivity contribution is -0.149. The van der Waals surface area contributed by atoms with Gasteiger partial charge in [-0.3, -0.25) is 9.59 Å². The second-order valence-electron chi connectivity index (χ2n) is 8.39. The summed E-state index contributed by atoms with van der Waals surface area (Å²) in [5.41, 5.74) is 5.15. The van der Waals surface area contributed by atoms with Gasteiger partial charge >= 0.3 is 5.97 Å². The predicted molar refractivity (Wildman–Crippen MR) is 129 cm³/mol. The Hall–Kier alpha value is -4.00. The van der Waals surface area contributed by atoms with E-state index in [0.29, 0.717) is 43.7 Å². The van der Waals surface area contributed by atoms with Gasteiger partial charge in [0.05, 0.1) is 24.4 Å². The minimum Gasteiger partial charge on any atom is -0.466 e. The van der Waals surface area contributed by atoms with Gasteiger partial charge in [0.2, 0.25) is 0 Å². The summed E-state index contributed by atoms with van der Waals surface area (Å²) in [7, 11) is 0. The van der Waals surface area contributed by atoms with Crippen molar-refractivity contribution in [1.82, 2.24) is 19.5 Å². The van der Waals surface area contributed by atoms with E-state index < -0.39 is 0 Å². The zero-order valence-electron chi connectivity index (χ0n) is 19.1. The lowest BCUT2D eigenvalue weighted by Crippen LogP contribution is -2.40. The average Bonchev–Trinajstić information content (AvgIpc) is 3.33. The number of nitrogens with zero attached hydrogens (tertiary/aromatic N) is 4. The van der Waals surface area contributed by atoms with Crippen LogP contribution in [0.3, 0.4) is 0 Å². The van der Waals surface area contributed by atoms with E-state index >= 15 is 0 Å². The molecule has 7 nitrogen and oxygen atoms in total. The molecule has 4 aromatic rings. The molecule has 1 amide bonds. The summed E-state index contributed by atoms with van der Waals surface area (Å²) in [4.78, 5) is 31.5. The van der Waals surface area contributed by atoms with Crippen LogP contribution in [0.15, 0.2) is 73.1 Å². The molecule has 0 atom stereocenters. The van der Waals surface area contributed by atoms with Crippen molar-refractivity contribution in [3.8, 4) is 22.4 Å². The monoisotopic (exact) mass is 454 g/mol. The SMILES string of the molecule is CCOC(=O)C1CCN(C(=O)c2cnn3c(-c4ccc(-c5ccccc5)cc4)ccnc23)CC1. The Morgan fingerprint density at radius 3 is 2.32 bits per heavy atom. The van der Waals surface area contributed by atoms with E-state index in [-0.39, 0.29) is 17.8 Å². The minimum atomic E-state index is -0.171. The molecule has 7 heteroatoms. The normalized spacial score (nSPS) is 14.3. The number of benzene rings is 2. The summed E-state index contributed by atoms with van der Waals surface area (Å²) in [6, 6.07) is 20.4. The van der Waals surface area contributed by atoms with Gasteiger partial charge in [-0.2, -0.15) is 5.10 Å². The number of hydrogen-bond acceptors (Lipinski definition) is 5. The van der Waals surface area contributed by atoms with Gasteiger partial charge in [0.15, 0.2) is 5.65 Å². The fraction of sp³-hybridized carbons (Fsp3) is 0.259. The van der Waals surface area contributed by atoms with E-state index in [1.165, 1.54) is 0 Å². The molecule has 0 N–H and O–H groups in total. The number of rotatable bonds is 5. The van der Waals surface area contributed by atoms with Crippen LogP contribution in [0.2, 0.25) is 0 Å². The molecule has 0 aliphatic carbocycles. The van der Waals surface area contributed by atoms with E-state index in [1.54, 1.807) is 28.7 Å². The first-order chi connectivity index (χ1) is 16.7. The zero-order valence-corrected chi connectivity index (χ0v) is 19.1. The third-order valence-corrected chi connectivity index (χ3v) is 6.32. The molecule has 172 valence electrons. The van der Waals surface area contributed by atoms with Crippen molar-refractivity contribution in [3.63, 3.8) is 0 Å². The summed E-state index contributed by atoms with van der Waals surface area (Å²) in [5, 5.41) is 4.49. The van der Waals surface area contributed by atoms with Gasteiger partial charge in [0.25, 0.3) is 5.91 Å². The highest BCUT2D eigenvalue weighted by molar-refractivity contribution is 6.00. The van der Waals surface area contributed by atoms with Crippen LogP contribution in [0.5, 0.6) is 0 Å². The molecule has 0 spiro atoms. The number of piperidine rings is 1. The molecule has 1 fully saturated rings. The Kier molecular flexibility index (Phi) is 6.08. The van der Waals surface area contributed by atoms with Gasteiger partial charge in [0.1, 0.15) is 5.56 Å². The van der Waals surface area contributed by atoms with Crippen molar-refractivity contribution < 1.29 is 14.3 Å². The van der Waals surface area contributed by atoms with E-state index in [1.807, 2.05) is 24.3 Å². The minimum absolute atomic E-state index is 0.110. The standard InChI is InChI=1S/C27H26N4O3/c1-2-34-27(33)22-13-16-30(17-14-22)26(32)23-18-29-31-24(12-15-28-25(23)31)21-10-8-20(9-11-21)19-6-4-3-5-7-19/h3-12,15,18,22H,2,13-14,16-17H2,1H3. The molecular formula is C27H26N4O3. The number of hydrogen-bond donors (Lipinski definition) is 0. The maximum absolute atomic E-state index is 13.2. The maximum atomic E-state index is 13.2. The van der Waals surface area contributed by atoms with Crippen LogP contribution in [-0.2, 0) is 9.53 Å². The van der Waals surface area contributed by atoms with Gasteiger partial charge in [-0.1, -0.05) is 54.6 Å². The largest absolute Gasteiger partial charge is 0.466 e. The molecule has 34 heavy (non-hydrogen) atoms. The molecule has 1 aliphatic heterocycles. The van der Waals surface area contributed by atoms with Gasteiger partial charge in [-0.05, 0) is 37.0 Å². The molecule has 2 aromatic carbocycles. The average molecular weight is 455 g/mol. The number of fused-ring (bicyclic) bond motifs is 1. The first-order valence-electron chi connectivity index (χ1n) is 11.6. The molecule has 0 unspecified atom stereocenters. The Morgan fingerprint density at radius 1 is 0.941 bits per heavy atom. The summed E-state index contributed by atoms with van der Waals surface area (Å²) in [6.45, 7) is 3.21. The fourth-order valence-electron chi connectivity index (χ4n) is 4.47. The second kappa shape index (κ2) is 9.47. The van der Waals surface area contributed by atoms with Crippen LogP contribution in [0.1, 0.15) is 30.1 Å². The smallest absolute Gasteiger partial charge is 0.309 e. The number of aromatic nitrogens is 3. The molecule has 3 heterocycles. The summed E-state index contributed by atoms with van der Waals surface area (Å²) in [5.74, 6) is -0.423. The molecule has 2 aromatic heterocycles. The van der Waals surface area contributed by atoms with Crippen molar-refractivity contribution >= 4 is 17.5 Å². The van der Waals surface area contributed by atoms with E-state index in [0.717, 1.165) is 22.4 Å². The van der Waals surface area contributed by atoms with Gasteiger partial charge < -0.3 is 9.64 Å². The molecular weight excluding hydrogens is 428 g/mol. The predicted octanol–water partition coefficient (Wildman–Crippen LogP) is 4.48. The zero-order chi connectivity index (χ0) is 23.5. The van der Waals surface area contributed by atoms with E-state index in [2.05, 4.69) is 46.5 Å². The summed E-state index contributed by atoms with van der Waals surface area (Å²) < 4.78 is 6.85. The Labute approximate surface area is 198 Å². The third-order valence-electron chi connectivity index (χ3n) is 6.32. The highest BCUT2D eigenvalue weighted by Crippen LogP contribution is 2.26. The van der Waals surface area contributed by atoms with Crippen molar-refractivity contribution in [2.75, 3.05) is 19.7 Å². The molecule has 0 saturated carbocycles. The van der Waals surface area contributed by atoms with Crippen LogP contribution in [0, 0.1) is 5.92 Å². The van der Waals surface area contributed by atoms with Crippen LogP contribution in [0.4, 0.5) is 0 Å². The van der Waals surface area contributed by atoms with Crippen LogP contribution < -0.4 is 0 Å². The van der Waals surface area contributed by atoms with Gasteiger partial charge in [-0.15, -0.1) is 0 Å². The molecule has 0 radical (unpaired) electrons. The molecule has 5 rings (SSSR count). The second-order valence-corrected chi connectivity index (χ2v) is 8.39. The fourth-order valence-corrected chi connectivity index (χ4v) is 4.47. The summed E-state index contributed by atoms with van der Waals surface area (Å²) >= 11 is 0. The van der Waals surface area contributed by atoms with Crippen molar-refractivity contribution in [2.24, 2.45) is 5.92 Å². The summed E-state index contributed by atoms with van der Waals surface area (Å²) in [6.07, 6.45) is 4.51. The van der Waals surface area contributed by atoms with Crippen LogP contribution in [-0.4, -0.2) is 51.1 Å². The lowest BCUT2D eigenvalue weighted by Gasteiger charge is -2.30. The quantitative estimate of drug-likeness (QED) is 0.416. The highest BCUT2D eigenvalue weighted by Gasteiger charge is 2.30. The molecule has 1 aliphatic rings. The van der Waals surface area contributed by atoms with Gasteiger partial charge in [-0.25, -0.2) is 9.50 Å². The van der Waals surface area contributed by atoms with Crippen LogP contribution in [0.25, 0.3) is 28.0 Å². The highest BCUT2D eigenvalue weighted by atomic mass is 16.5. The third kappa shape index (κ3) is 4.17. The topological polar surface area (TPSA) is 76.8 Å². The molecule has 0 bridgehead atoms. The number of amides is 1. The van der Waals surface area contributed by atoms with Gasteiger partial charge in [0, 0.05) is 24.8 Å². The number of carbonyl (C=O) groups excluding carboxylic acids is 2. The number of esters is 1. The van der Waals surface area contributed by atoms with Crippen molar-refractivity contribution in [2.45, 2.75) is 19.8 Å². The number of likely N-dealkylation sites (tertiary alicyclic amines) is 1. The van der Waals surface area contributed by atoms with E-state index in [4.69, 9.17) is 4.74 Å². The Morgan fingerprint density at radius 2 is 1.62 bits per heavy atom.